The van der Waals surface area contributed by atoms with Crippen molar-refractivity contribution in [1.29, 1.82) is 0 Å². The van der Waals surface area contributed by atoms with Gasteiger partial charge in [0.15, 0.2) is 0 Å². The van der Waals surface area contributed by atoms with Crippen molar-refractivity contribution in [3.05, 3.63) is 24.3 Å². The molecule has 1 fully saturated rings. The number of carbonyl (C=O) groups excluding carboxylic acids is 2. The van der Waals surface area contributed by atoms with Crippen LogP contribution in [0.1, 0.15) is 19.8 Å². The Balaban J connectivity index is 1.88. The first-order valence-electron chi connectivity index (χ1n) is 8.01. The third-order valence-electron chi connectivity index (χ3n) is 3.97. The van der Waals surface area contributed by atoms with Gasteiger partial charge in [0.1, 0.15) is 5.75 Å². The maximum Gasteiger partial charge on any atom is 0.321 e. The number of amides is 3. The van der Waals surface area contributed by atoms with Crippen molar-refractivity contribution in [2.75, 3.05) is 39.1 Å². The number of carbonyl (C=O) groups is 2. The average Bonchev–Trinajstić information content (AvgIpc) is 2.55. The smallest absolute Gasteiger partial charge is 0.321 e. The van der Waals surface area contributed by atoms with Gasteiger partial charge in [0.2, 0.25) is 5.91 Å². The third kappa shape index (κ3) is 4.61. The molecule has 0 aromatic heterocycles. The highest BCUT2D eigenvalue weighted by atomic mass is 16.5. The van der Waals surface area contributed by atoms with Gasteiger partial charge in [-0.2, -0.15) is 0 Å². The molecule has 0 saturated carbocycles. The zero-order valence-electron chi connectivity index (χ0n) is 14.0. The predicted octanol–water partition coefficient (Wildman–Crippen LogP) is 2.42. The normalized spacial score (nSPS) is 15.2. The molecule has 0 radical (unpaired) electrons. The van der Waals surface area contributed by atoms with Crippen LogP contribution in [0.3, 0.4) is 0 Å². The lowest BCUT2D eigenvalue weighted by Crippen LogP contribution is -2.44. The number of rotatable bonds is 4. The van der Waals surface area contributed by atoms with E-state index in [1.165, 1.54) is 0 Å². The number of anilines is 1. The summed E-state index contributed by atoms with van der Waals surface area (Å²) in [6.45, 7) is 3.71. The summed E-state index contributed by atoms with van der Waals surface area (Å²) in [6.07, 6.45) is 1.42. The maximum absolute atomic E-state index is 12.3. The van der Waals surface area contributed by atoms with Crippen LogP contribution in [0, 0.1) is 5.92 Å². The summed E-state index contributed by atoms with van der Waals surface area (Å²) in [4.78, 5) is 27.7. The van der Waals surface area contributed by atoms with Crippen molar-refractivity contribution >= 4 is 17.6 Å². The first-order valence-corrected chi connectivity index (χ1v) is 8.01. The van der Waals surface area contributed by atoms with E-state index in [-0.39, 0.29) is 17.9 Å². The van der Waals surface area contributed by atoms with Gasteiger partial charge in [-0.1, -0.05) is 6.07 Å². The molecule has 1 N–H and O–H groups in total. The minimum absolute atomic E-state index is 0.0235. The fraction of sp³-hybridized carbons (Fsp3) is 0.529. The van der Waals surface area contributed by atoms with Crippen molar-refractivity contribution in [1.82, 2.24) is 9.80 Å². The van der Waals surface area contributed by atoms with Crippen LogP contribution in [0.4, 0.5) is 10.5 Å². The monoisotopic (exact) mass is 319 g/mol. The van der Waals surface area contributed by atoms with Crippen molar-refractivity contribution in [3.8, 4) is 5.75 Å². The van der Waals surface area contributed by atoms with Gasteiger partial charge in [-0.15, -0.1) is 0 Å². The third-order valence-corrected chi connectivity index (χ3v) is 3.97. The zero-order chi connectivity index (χ0) is 16.8. The Morgan fingerprint density at radius 1 is 1.30 bits per heavy atom. The van der Waals surface area contributed by atoms with Crippen molar-refractivity contribution in [3.63, 3.8) is 0 Å². The molecule has 6 heteroatoms. The molecule has 0 spiro atoms. The topological polar surface area (TPSA) is 61.9 Å². The lowest BCUT2D eigenvalue weighted by Gasteiger charge is -2.32. The first kappa shape index (κ1) is 17.1. The maximum atomic E-state index is 12.3. The molecule has 1 aromatic carbocycles. The van der Waals surface area contributed by atoms with Gasteiger partial charge in [0.05, 0.1) is 6.61 Å². The number of urea groups is 1. The number of likely N-dealkylation sites (tertiary alicyclic amines) is 1. The summed E-state index contributed by atoms with van der Waals surface area (Å²) in [5, 5.41) is 2.89. The van der Waals surface area contributed by atoms with Crippen molar-refractivity contribution < 1.29 is 14.3 Å². The predicted molar refractivity (Wildman–Crippen MR) is 89.6 cm³/mol. The summed E-state index contributed by atoms with van der Waals surface area (Å²) >= 11 is 0. The fourth-order valence-corrected chi connectivity index (χ4v) is 2.73. The number of benzene rings is 1. The quantitative estimate of drug-likeness (QED) is 0.927. The molecule has 1 saturated heterocycles. The Labute approximate surface area is 137 Å². The largest absolute Gasteiger partial charge is 0.494 e. The molecule has 6 nitrogen and oxygen atoms in total. The van der Waals surface area contributed by atoms with E-state index >= 15 is 0 Å². The van der Waals surface area contributed by atoms with E-state index in [1.54, 1.807) is 23.9 Å². The molecule has 0 unspecified atom stereocenters. The SMILES string of the molecule is CCOc1cccc(NC(=O)N2CCC(C(=O)N(C)C)CC2)c1. The summed E-state index contributed by atoms with van der Waals surface area (Å²) in [5.41, 5.74) is 0.715. The van der Waals surface area contributed by atoms with Crippen LogP contribution in [0.5, 0.6) is 5.75 Å². The molecular weight excluding hydrogens is 294 g/mol. The van der Waals surface area contributed by atoms with Gasteiger partial charge < -0.3 is 19.9 Å². The number of piperidine rings is 1. The highest BCUT2D eigenvalue weighted by Gasteiger charge is 2.28. The molecule has 1 aliphatic rings. The molecule has 23 heavy (non-hydrogen) atoms. The number of nitrogens with one attached hydrogen (secondary N) is 1. The molecule has 1 aromatic rings. The second-order valence-corrected chi connectivity index (χ2v) is 5.88. The molecule has 2 rings (SSSR count). The molecule has 1 aliphatic heterocycles. The van der Waals surface area contributed by atoms with Crippen LogP contribution < -0.4 is 10.1 Å². The number of hydrogen-bond acceptors (Lipinski definition) is 3. The second kappa shape index (κ2) is 7.85. The second-order valence-electron chi connectivity index (χ2n) is 5.88. The van der Waals surface area contributed by atoms with Crippen LogP contribution in [-0.4, -0.2) is 55.5 Å². The molecule has 3 amide bonds. The van der Waals surface area contributed by atoms with E-state index in [0.717, 1.165) is 5.75 Å². The molecule has 0 bridgehead atoms. The summed E-state index contributed by atoms with van der Waals surface area (Å²) < 4.78 is 5.43. The minimum atomic E-state index is -0.130. The van der Waals surface area contributed by atoms with Crippen LogP contribution in [0.15, 0.2) is 24.3 Å². The molecule has 126 valence electrons. The Morgan fingerprint density at radius 3 is 2.61 bits per heavy atom. The summed E-state index contributed by atoms with van der Waals surface area (Å²) in [7, 11) is 3.54. The van der Waals surface area contributed by atoms with E-state index in [4.69, 9.17) is 4.74 Å². The number of ether oxygens (including phenoxy) is 1. The zero-order valence-corrected chi connectivity index (χ0v) is 14.0. The molecule has 0 aliphatic carbocycles. The lowest BCUT2D eigenvalue weighted by atomic mass is 9.96. The van der Waals surface area contributed by atoms with Crippen LogP contribution in [0.2, 0.25) is 0 Å². The van der Waals surface area contributed by atoms with Gasteiger partial charge in [-0.25, -0.2) is 4.79 Å². The Kier molecular flexibility index (Phi) is 5.84. The Bertz CT molecular complexity index is 552. The van der Waals surface area contributed by atoms with Crippen LogP contribution >= 0.6 is 0 Å². The molecule has 0 atom stereocenters. The van der Waals surface area contributed by atoms with E-state index in [0.29, 0.717) is 38.2 Å². The summed E-state index contributed by atoms with van der Waals surface area (Å²) in [5.74, 6) is 0.908. The Hall–Kier alpha value is -2.24. The van der Waals surface area contributed by atoms with Crippen LogP contribution in [-0.2, 0) is 4.79 Å². The summed E-state index contributed by atoms with van der Waals surface area (Å²) in [6, 6.07) is 7.22. The fourth-order valence-electron chi connectivity index (χ4n) is 2.73. The average molecular weight is 319 g/mol. The van der Waals surface area contributed by atoms with E-state index in [9.17, 15) is 9.59 Å². The van der Waals surface area contributed by atoms with E-state index in [1.807, 2.05) is 31.2 Å². The van der Waals surface area contributed by atoms with Gasteiger partial charge in [0.25, 0.3) is 0 Å². The van der Waals surface area contributed by atoms with Crippen LogP contribution in [0.25, 0.3) is 0 Å². The minimum Gasteiger partial charge on any atom is -0.494 e. The highest BCUT2D eigenvalue weighted by molar-refractivity contribution is 5.89. The van der Waals surface area contributed by atoms with Gasteiger partial charge in [-0.3, -0.25) is 4.79 Å². The van der Waals surface area contributed by atoms with Gasteiger partial charge in [0, 0.05) is 44.9 Å². The van der Waals surface area contributed by atoms with Crippen molar-refractivity contribution in [2.45, 2.75) is 19.8 Å². The van der Waals surface area contributed by atoms with Crippen molar-refractivity contribution in [2.24, 2.45) is 5.92 Å². The van der Waals surface area contributed by atoms with Gasteiger partial charge >= 0.3 is 6.03 Å². The molecule has 1 heterocycles. The number of hydrogen-bond donors (Lipinski definition) is 1. The van der Waals surface area contributed by atoms with E-state index in [2.05, 4.69) is 5.32 Å². The highest BCUT2D eigenvalue weighted by Crippen LogP contribution is 2.21. The Morgan fingerprint density at radius 2 is 2.00 bits per heavy atom. The van der Waals surface area contributed by atoms with Gasteiger partial charge in [-0.05, 0) is 31.9 Å². The molecular formula is C17H25N3O3. The number of nitrogens with zero attached hydrogens (tertiary/aromatic N) is 2. The van der Waals surface area contributed by atoms with E-state index < -0.39 is 0 Å². The standard InChI is InChI=1S/C17H25N3O3/c1-4-23-15-7-5-6-14(12-15)18-17(22)20-10-8-13(9-11-20)16(21)19(2)3/h5-7,12-13H,4,8-11H2,1-3H3,(H,18,22). The lowest BCUT2D eigenvalue weighted by molar-refractivity contribution is -0.134. The first-order chi connectivity index (χ1) is 11.0.